The molecule has 0 saturated heterocycles. The summed E-state index contributed by atoms with van der Waals surface area (Å²) in [4.78, 5) is 22.5. The minimum absolute atomic E-state index is 0.126. The van der Waals surface area contributed by atoms with Crippen LogP contribution in [0.25, 0.3) is 0 Å². The monoisotopic (exact) mass is 263 g/mol. The average molecular weight is 263 g/mol. The molecular formula is C15H21NO3. The number of hydrogen-bond donors (Lipinski definition) is 2. The molecule has 0 fully saturated rings. The van der Waals surface area contributed by atoms with E-state index in [4.69, 9.17) is 5.11 Å². The van der Waals surface area contributed by atoms with E-state index in [1.165, 1.54) is 12.5 Å². The third-order valence-electron chi connectivity index (χ3n) is 3.22. The smallest absolute Gasteiger partial charge is 0.325 e. The van der Waals surface area contributed by atoms with Crippen molar-refractivity contribution in [3.8, 4) is 0 Å². The lowest BCUT2D eigenvalue weighted by molar-refractivity contribution is -0.141. The van der Waals surface area contributed by atoms with Crippen LogP contribution >= 0.6 is 0 Å². The number of benzene rings is 1. The molecule has 2 atom stereocenters. The lowest BCUT2D eigenvalue weighted by Crippen LogP contribution is -2.38. The Bertz CT molecular complexity index is 439. The number of amides is 1. The second-order valence-corrected chi connectivity index (χ2v) is 4.85. The molecule has 0 radical (unpaired) electrons. The fraction of sp³-hybridized carbons (Fsp3) is 0.467. The summed E-state index contributed by atoms with van der Waals surface area (Å²) < 4.78 is 0. The first-order valence-electron chi connectivity index (χ1n) is 6.52. The van der Waals surface area contributed by atoms with Gasteiger partial charge in [-0.2, -0.15) is 0 Å². The van der Waals surface area contributed by atoms with E-state index >= 15 is 0 Å². The van der Waals surface area contributed by atoms with E-state index in [1.807, 2.05) is 38.1 Å². The number of carboxylic acids is 1. The number of rotatable bonds is 6. The van der Waals surface area contributed by atoms with E-state index in [2.05, 4.69) is 5.32 Å². The van der Waals surface area contributed by atoms with E-state index in [0.717, 1.165) is 12.0 Å². The maximum absolute atomic E-state index is 11.8. The van der Waals surface area contributed by atoms with Crippen LogP contribution in [0.2, 0.25) is 0 Å². The lowest BCUT2D eigenvalue weighted by atomic mass is 9.92. The SMILES string of the molecule is CCC(CC(=O)NC(C)C(=O)O)c1ccc(C)cc1. The minimum Gasteiger partial charge on any atom is -0.480 e. The highest BCUT2D eigenvalue weighted by Gasteiger charge is 2.18. The quantitative estimate of drug-likeness (QED) is 0.828. The van der Waals surface area contributed by atoms with Gasteiger partial charge in [-0.05, 0) is 31.7 Å². The van der Waals surface area contributed by atoms with Gasteiger partial charge in [-0.15, -0.1) is 0 Å². The maximum Gasteiger partial charge on any atom is 0.325 e. The zero-order valence-corrected chi connectivity index (χ0v) is 11.6. The zero-order valence-electron chi connectivity index (χ0n) is 11.6. The molecule has 1 rings (SSSR count). The van der Waals surface area contributed by atoms with Crippen molar-refractivity contribution in [3.63, 3.8) is 0 Å². The molecule has 4 heteroatoms. The molecule has 1 aromatic rings. The topological polar surface area (TPSA) is 66.4 Å². The van der Waals surface area contributed by atoms with Crippen molar-refractivity contribution in [1.82, 2.24) is 5.32 Å². The number of aliphatic carboxylic acids is 1. The van der Waals surface area contributed by atoms with Gasteiger partial charge < -0.3 is 10.4 Å². The highest BCUT2D eigenvalue weighted by molar-refractivity contribution is 5.83. The van der Waals surface area contributed by atoms with E-state index < -0.39 is 12.0 Å². The molecule has 0 saturated carbocycles. The Morgan fingerprint density at radius 3 is 2.32 bits per heavy atom. The molecule has 0 bridgehead atoms. The molecule has 1 aromatic carbocycles. The summed E-state index contributed by atoms with van der Waals surface area (Å²) in [6, 6.07) is 7.25. The van der Waals surface area contributed by atoms with Crippen molar-refractivity contribution < 1.29 is 14.7 Å². The van der Waals surface area contributed by atoms with Gasteiger partial charge in [0.1, 0.15) is 6.04 Å². The van der Waals surface area contributed by atoms with Gasteiger partial charge in [0, 0.05) is 6.42 Å². The van der Waals surface area contributed by atoms with E-state index in [0.29, 0.717) is 6.42 Å². The molecule has 19 heavy (non-hydrogen) atoms. The van der Waals surface area contributed by atoms with Crippen molar-refractivity contribution in [2.24, 2.45) is 0 Å². The number of hydrogen-bond acceptors (Lipinski definition) is 2. The van der Waals surface area contributed by atoms with Crippen LogP contribution in [0.3, 0.4) is 0 Å². The van der Waals surface area contributed by atoms with Gasteiger partial charge in [-0.25, -0.2) is 0 Å². The summed E-state index contributed by atoms with van der Waals surface area (Å²) >= 11 is 0. The zero-order chi connectivity index (χ0) is 14.4. The van der Waals surface area contributed by atoms with Crippen LogP contribution in [0.5, 0.6) is 0 Å². The fourth-order valence-corrected chi connectivity index (χ4v) is 1.92. The molecule has 1 amide bonds. The van der Waals surface area contributed by atoms with Crippen molar-refractivity contribution in [3.05, 3.63) is 35.4 Å². The predicted molar refractivity (Wildman–Crippen MR) is 74.1 cm³/mol. The maximum atomic E-state index is 11.8. The molecule has 0 spiro atoms. The van der Waals surface area contributed by atoms with Crippen molar-refractivity contribution >= 4 is 11.9 Å². The second kappa shape index (κ2) is 6.92. The van der Waals surface area contributed by atoms with Crippen LogP contribution in [0.1, 0.15) is 43.7 Å². The first kappa shape index (κ1) is 15.2. The van der Waals surface area contributed by atoms with Gasteiger partial charge >= 0.3 is 5.97 Å². The Morgan fingerprint density at radius 1 is 1.26 bits per heavy atom. The number of carboxylic acid groups (broad SMARTS) is 1. The van der Waals surface area contributed by atoms with Gasteiger partial charge in [0.15, 0.2) is 0 Å². The van der Waals surface area contributed by atoms with Gasteiger partial charge in [0.25, 0.3) is 0 Å². The van der Waals surface area contributed by atoms with Crippen LogP contribution < -0.4 is 5.32 Å². The molecule has 2 unspecified atom stereocenters. The largest absolute Gasteiger partial charge is 0.480 e. The number of aryl methyl sites for hydroxylation is 1. The summed E-state index contributed by atoms with van der Waals surface area (Å²) in [5.74, 6) is -1.11. The number of carbonyl (C=O) groups excluding carboxylic acids is 1. The molecule has 4 nitrogen and oxygen atoms in total. The predicted octanol–water partition coefficient (Wildman–Crippen LogP) is 2.47. The van der Waals surface area contributed by atoms with Gasteiger partial charge in [0.2, 0.25) is 5.91 Å². The minimum atomic E-state index is -1.02. The number of carbonyl (C=O) groups is 2. The lowest BCUT2D eigenvalue weighted by Gasteiger charge is -2.16. The summed E-state index contributed by atoms with van der Waals surface area (Å²) in [5.41, 5.74) is 2.30. The Kier molecular flexibility index (Phi) is 5.55. The summed E-state index contributed by atoms with van der Waals surface area (Å²) in [6.07, 6.45) is 1.16. The van der Waals surface area contributed by atoms with E-state index in [-0.39, 0.29) is 11.8 Å². The van der Waals surface area contributed by atoms with Crippen molar-refractivity contribution in [1.29, 1.82) is 0 Å². The van der Waals surface area contributed by atoms with E-state index in [9.17, 15) is 9.59 Å². The highest BCUT2D eigenvalue weighted by Crippen LogP contribution is 2.23. The first-order valence-corrected chi connectivity index (χ1v) is 6.52. The number of nitrogens with one attached hydrogen (secondary N) is 1. The molecule has 0 aliphatic rings. The summed E-state index contributed by atoms with van der Waals surface area (Å²) in [7, 11) is 0. The molecule has 0 aromatic heterocycles. The Morgan fingerprint density at radius 2 is 1.84 bits per heavy atom. The Labute approximate surface area is 113 Å². The third kappa shape index (κ3) is 4.73. The molecule has 0 aliphatic carbocycles. The Hall–Kier alpha value is -1.84. The van der Waals surface area contributed by atoms with Gasteiger partial charge in [-0.1, -0.05) is 36.8 Å². The third-order valence-corrected chi connectivity index (χ3v) is 3.22. The molecule has 2 N–H and O–H groups in total. The Balaban J connectivity index is 2.64. The van der Waals surface area contributed by atoms with Crippen molar-refractivity contribution in [2.45, 2.75) is 45.6 Å². The van der Waals surface area contributed by atoms with Crippen LogP contribution in [0.4, 0.5) is 0 Å². The summed E-state index contributed by atoms with van der Waals surface area (Å²) in [6.45, 7) is 5.51. The molecule has 0 aliphatic heterocycles. The molecular weight excluding hydrogens is 242 g/mol. The van der Waals surface area contributed by atoms with Gasteiger partial charge in [-0.3, -0.25) is 9.59 Å². The first-order chi connectivity index (χ1) is 8.93. The van der Waals surface area contributed by atoms with Crippen LogP contribution in [-0.4, -0.2) is 23.0 Å². The molecule has 0 heterocycles. The highest BCUT2D eigenvalue weighted by atomic mass is 16.4. The van der Waals surface area contributed by atoms with Crippen LogP contribution in [0.15, 0.2) is 24.3 Å². The van der Waals surface area contributed by atoms with E-state index in [1.54, 1.807) is 0 Å². The average Bonchev–Trinajstić information content (AvgIpc) is 2.37. The molecule has 104 valence electrons. The standard InChI is InChI=1S/C15H21NO3/c1-4-12(13-7-5-10(2)6-8-13)9-14(17)16-11(3)15(18)19/h5-8,11-12H,4,9H2,1-3H3,(H,16,17)(H,18,19). The van der Waals surface area contributed by atoms with Crippen LogP contribution in [0, 0.1) is 6.92 Å². The fourth-order valence-electron chi connectivity index (χ4n) is 1.92. The normalized spacial score (nSPS) is 13.6. The summed E-state index contributed by atoms with van der Waals surface area (Å²) in [5, 5.41) is 11.2. The van der Waals surface area contributed by atoms with Gasteiger partial charge in [0.05, 0.1) is 0 Å². The second-order valence-electron chi connectivity index (χ2n) is 4.85. The van der Waals surface area contributed by atoms with Crippen LogP contribution in [-0.2, 0) is 9.59 Å². The van der Waals surface area contributed by atoms with Crippen molar-refractivity contribution in [2.75, 3.05) is 0 Å².